The molecule has 9 heteroatoms. The Balaban J connectivity index is 1.20. The molecule has 0 aliphatic carbocycles. The minimum atomic E-state index is 0.540. The average molecular weight is 490 g/mol. The number of pyridine rings is 3. The second kappa shape index (κ2) is 9.84. The smallest absolute Gasteiger partial charge is 0.128 e. The van der Waals surface area contributed by atoms with E-state index in [0.29, 0.717) is 5.56 Å². The van der Waals surface area contributed by atoms with Crippen molar-refractivity contribution in [2.24, 2.45) is 7.05 Å². The lowest BCUT2D eigenvalue weighted by atomic mass is 10.0. The Morgan fingerprint density at radius 2 is 1.78 bits per heavy atom. The molecule has 0 bridgehead atoms. The molecule has 6 heterocycles. The van der Waals surface area contributed by atoms with Crippen LogP contribution in [0.1, 0.15) is 11.3 Å². The summed E-state index contributed by atoms with van der Waals surface area (Å²) in [6, 6.07) is 14.6. The maximum Gasteiger partial charge on any atom is 0.128 e. The van der Waals surface area contributed by atoms with Gasteiger partial charge in [-0.2, -0.15) is 15.5 Å². The molecule has 5 aromatic heterocycles. The van der Waals surface area contributed by atoms with Crippen molar-refractivity contribution in [1.29, 1.82) is 5.26 Å². The summed E-state index contributed by atoms with van der Waals surface area (Å²) in [7, 11) is 1.90. The largest absolute Gasteiger partial charge is 0.354 e. The molecule has 37 heavy (non-hydrogen) atoms. The van der Waals surface area contributed by atoms with Crippen molar-refractivity contribution in [3.05, 3.63) is 84.8 Å². The van der Waals surface area contributed by atoms with Crippen LogP contribution in [0.15, 0.2) is 73.6 Å². The van der Waals surface area contributed by atoms with Crippen LogP contribution in [0.25, 0.3) is 27.8 Å². The Morgan fingerprint density at radius 3 is 2.49 bits per heavy atom. The molecule has 0 amide bonds. The lowest BCUT2D eigenvalue weighted by Crippen LogP contribution is -2.47. The van der Waals surface area contributed by atoms with E-state index in [4.69, 9.17) is 4.98 Å². The van der Waals surface area contributed by atoms with Gasteiger partial charge in [-0.3, -0.25) is 14.6 Å². The average Bonchev–Trinajstić information content (AvgIpc) is 3.58. The fraction of sp³-hybridized carbons (Fsp3) is 0.250. The van der Waals surface area contributed by atoms with Crippen LogP contribution in [0.3, 0.4) is 0 Å². The molecular weight excluding hydrogens is 462 g/mol. The van der Waals surface area contributed by atoms with E-state index in [0.717, 1.165) is 78.4 Å². The first-order valence-electron chi connectivity index (χ1n) is 12.4. The summed E-state index contributed by atoms with van der Waals surface area (Å²) in [5.74, 6) is 0.974. The van der Waals surface area contributed by atoms with Gasteiger partial charge in [-0.25, -0.2) is 9.50 Å². The van der Waals surface area contributed by atoms with Gasteiger partial charge >= 0.3 is 0 Å². The Bertz CT molecular complexity index is 1550. The van der Waals surface area contributed by atoms with E-state index < -0.39 is 0 Å². The van der Waals surface area contributed by atoms with Crippen LogP contribution in [0.4, 0.5) is 5.82 Å². The van der Waals surface area contributed by atoms with E-state index in [9.17, 15) is 5.26 Å². The summed E-state index contributed by atoms with van der Waals surface area (Å²) >= 11 is 0. The molecule has 0 spiro atoms. The van der Waals surface area contributed by atoms with E-state index in [1.807, 2.05) is 50.2 Å². The number of nitriles is 1. The first kappa shape index (κ1) is 22.9. The number of aryl methyl sites for hydroxylation is 1. The van der Waals surface area contributed by atoms with Gasteiger partial charge in [-0.15, -0.1) is 0 Å². The first-order valence-corrected chi connectivity index (χ1v) is 12.4. The van der Waals surface area contributed by atoms with Crippen LogP contribution in [-0.2, 0) is 13.5 Å². The summed E-state index contributed by atoms with van der Waals surface area (Å²) in [6.07, 6.45) is 12.1. The minimum absolute atomic E-state index is 0.540. The predicted octanol–water partition coefficient (Wildman–Crippen LogP) is 3.43. The highest BCUT2D eigenvalue weighted by molar-refractivity contribution is 5.87. The second-order valence-electron chi connectivity index (χ2n) is 9.31. The number of piperazine rings is 1. The van der Waals surface area contributed by atoms with Crippen molar-refractivity contribution in [3.63, 3.8) is 0 Å². The number of hydrogen-bond donors (Lipinski definition) is 0. The zero-order valence-electron chi connectivity index (χ0n) is 20.7. The number of rotatable bonds is 6. The lowest BCUT2D eigenvalue weighted by Gasteiger charge is -2.35. The maximum atomic E-state index is 9.68. The summed E-state index contributed by atoms with van der Waals surface area (Å²) in [5, 5.41) is 18.4. The first-order chi connectivity index (χ1) is 18.2. The number of anilines is 1. The molecule has 5 aromatic rings. The van der Waals surface area contributed by atoms with Gasteiger partial charge in [0.2, 0.25) is 0 Å². The van der Waals surface area contributed by atoms with E-state index in [2.05, 4.69) is 55.3 Å². The van der Waals surface area contributed by atoms with Crippen molar-refractivity contribution in [2.75, 3.05) is 37.6 Å². The van der Waals surface area contributed by atoms with Crippen molar-refractivity contribution >= 4 is 11.3 Å². The number of aromatic nitrogens is 6. The normalized spacial score (nSPS) is 14.2. The van der Waals surface area contributed by atoms with Gasteiger partial charge in [0.25, 0.3) is 0 Å². The summed E-state index contributed by atoms with van der Waals surface area (Å²) in [5.41, 5.74) is 6.31. The summed E-state index contributed by atoms with van der Waals surface area (Å²) in [6.45, 7) is 4.91. The molecule has 1 saturated heterocycles. The number of nitrogens with zero attached hydrogens (tertiary/aromatic N) is 9. The molecule has 0 unspecified atom stereocenters. The van der Waals surface area contributed by atoms with Crippen LogP contribution >= 0.6 is 0 Å². The molecular formula is C28H27N9. The molecule has 0 radical (unpaired) electrons. The van der Waals surface area contributed by atoms with E-state index in [1.165, 1.54) is 0 Å². The van der Waals surface area contributed by atoms with E-state index in [-0.39, 0.29) is 0 Å². The molecule has 0 atom stereocenters. The zero-order valence-corrected chi connectivity index (χ0v) is 20.7. The van der Waals surface area contributed by atoms with Gasteiger partial charge in [0.05, 0.1) is 23.5 Å². The number of hydrogen-bond acceptors (Lipinski definition) is 7. The molecule has 9 nitrogen and oxygen atoms in total. The predicted molar refractivity (Wildman–Crippen MR) is 142 cm³/mol. The van der Waals surface area contributed by atoms with Crippen LogP contribution in [0.2, 0.25) is 0 Å². The maximum absolute atomic E-state index is 9.68. The van der Waals surface area contributed by atoms with Gasteiger partial charge in [0, 0.05) is 98.9 Å². The van der Waals surface area contributed by atoms with Gasteiger partial charge in [-0.1, -0.05) is 6.07 Å². The topological polar surface area (TPSA) is 91.2 Å². The van der Waals surface area contributed by atoms with Crippen LogP contribution < -0.4 is 4.90 Å². The van der Waals surface area contributed by atoms with Crippen LogP contribution in [0, 0.1) is 11.3 Å². The quantitative estimate of drug-likeness (QED) is 0.361. The fourth-order valence-corrected chi connectivity index (χ4v) is 4.90. The molecule has 184 valence electrons. The SMILES string of the molecule is Cn1cc(-c2cc(-c3ccc(N4CCN(CCc5ccccn5)CC4)nc3)c3c(C#N)cnn3c2)cn1. The molecule has 0 N–H and O–H groups in total. The van der Waals surface area contributed by atoms with E-state index >= 15 is 0 Å². The van der Waals surface area contributed by atoms with Crippen molar-refractivity contribution < 1.29 is 0 Å². The molecule has 1 aliphatic rings. The third-order valence-electron chi connectivity index (χ3n) is 6.94. The van der Waals surface area contributed by atoms with E-state index in [1.54, 1.807) is 15.4 Å². The third kappa shape index (κ3) is 4.67. The third-order valence-corrected chi connectivity index (χ3v) is 6.94. The van der Waals surface area contributed by atoms with Crippen LogP contribution in [0.5, 0.6) is 0 Å². The Labute approximate surface area is 215 Å². The molecule has 1 aliphatic heterocycles. The molecule has 1 fully saturated rings. The van der Waals surface area contributed by atoms with Crippen molar-refractivity contribution in [3.8, 4) is 28.3 Å². The zero-order chi connectivity index (χ0) is 25.2. The van der Waals surface area contributed by atoms with Gasteiger partial charge in [0.15, 0.2) is 0 Å². The van der Waals surface area contributed by atoms with Crippen molar-refractivity contribution in [2.45, 2.75) is 6.42 Å². The highest BCUT2D eigenvalue weighted by Gasteiger charge is 2.19. The number of fused-ring (bicyclic) bond motifs is 1. The second-order valence-corrected chi connectivity index (χ2v) is 9.31. The fourth-order valence-electron chi connectivity index (χ4n) is 4.90. The van der Waals surface area contributed by atoms with Crippen LogP contribution in [-0.4, -0.2) is 67.0 Å². The summed E-state index contributed by atoms with van der Waals surface area (Å²) in [4.78, 5) is 14.1. The molecule has 0 saturated carbocycles. The Hall–Kier alpha value is -4.55. The monoisotopic (exact) mass is 489 g/mol. The standard InChI is InChI=1S/C28H27N9/c1-34-19-24(18-32-34)22-14-26(28-23(15-29)17-33-37(28)20-22)21-5-6-27(31-16-21)36-12-10-35(11-13-36)9-7-25-4-2-3-8-30-25/h2-6,8,14,16-20H,7,9-13H2,1H3. The minimum Gasteiger partial charge on any atom is -0.354 e. The highest BCUT2D eigenvalue weighted by Crippen LogP contribution is 2.32. The molecule has 6 rings (SSSR count). The Kier molecular flexibility index (Phi) is 6.08. The van der Waals surface area contributed by atoms with Gasteiger partial charge in [-0.05, 0) is 30.3 Å². The Morgan fingerprint density at radius 1 is 0.892 bits per heavy atom. The van der Waals surface area contributed by atoms with Gasteiger partial charge in [0.1, 0.15) is 11.9 Å². The van der Waals surface area contributed by atoms with Gasteiger partial charge < -0.3 is 4.90 Å². The lowest BCUT2D eigenvalue weighted by molar-refractivity contribution is 0.259. The van der Waals surface area contributed by atoms with Crippen molar-refractivity contribution in [1.82, 2.24) is 34.3 Å². The summed E-state index contributed by atoms with van der Waals surface area (Å²) < 4.78 is 3.55. The molecule has 0 aromatic carbocycles. The highest BCUT2D eigenvalue weighted by atomic mass is 15.3.